The van der Waals surface area contributed by atoms with Crippen LogP contribution in [0.25, 0.3) is 43.4 Å². The fourth-order valence-corrected chi connectivity index (χ4v) is 9.33. The zero-order chi connectivity index (χ0) is 28.8. The van der Waals surface area contributed by atoms with Gasteiger partial charge in [0.25, 0.3) is 0 Å². The summed E-state index contributed by atoms with van der Waals surface area (Å²) in [4.78, 5) is 0. The van der Waals surface area contributed by atoms with Crippen LogP contribution in [0.1, 0.15) is 37.1 Å². The van der Waals surface area contributed by atoms with Gasteiger partial charge in [0.05, 0.1) is 11.0 Å². The Balaban J connectivity index is 1.67. The third kappa shape index (κ3) is 4.32. The summed E-state index contributed by atoms with van der Waals surface area (Å²) >= 11 is 0. The molecule has 0 aliphatic rings. The highest BCUT2D eigenvalue weighted by Gasteiger charge is 2.28. The van der Waals surface area contributed by atoms with Gasteiger partial charge in [-0.25, -0.2) is 4.67 Å². The van der Waals surface area contributed by atoms with Crippen molar-refractivity contribution in [3.8, 4) is 0 Å². The molecule has 0 saturated heterocycles. The Morgan fingerprint density at radius 3 is 1.29 bits per heavy atom. The van der Waals surface area contributed by atoms with Crippen LogP contribution in [0.15, 0.2) is 133 Å². The molecule has 42 heavy (non-hydrogen) atoms. The first kappa shape index (κ1) is 26.6. The molecule has 0 amide bonds. The zero-order valence-electron chi connectivity index (χ0n) is 24.6. The highest BCUT2D eigenvalue weighted by atomic mass is 31.1. The Hall–Kier alpha value is -4.30. The number of rotatable bonds is 5. The molecule has 208 valence electrons. The molecule has 7 rings (SSSR count). The first-order valence-electron chi connectivity index (χ1n) is 14.7. The van der Waals surface area contributed by atoms with Crippen LogP contribution in [-0.4, -0.2) is 8.66 Å². The maximum Gasteiger partial charge on any atom is 0.107 e. The Morgan fingerprint density at radius 1 is 0.476 bits per heavy atom. The maximum atomic E-state index is 2.74. The average molecular weight is 566 g/mol. The van der Waals surface area contributed by atoms with Crippen molar-refractivity contribution in [3.05, 3.63) is 145 Å². The molecule has 0 fully saturated rings. The standard InChI is InChI=1S/C38H36N3P/c1-27(29-15-7-5-8-16-29)41(28(2)30-17-9-6-10-18-30)42-39(3)35-25-23-31-19-11-13-21-33(31)37(35)38-34-22-14-12-20-32(34)24-26-36(38)40(42)4/h5-28H,1-4H3/t27-,28-/m1/s1. The molecule has 3 nitrogen and oxygen atoms in total. The molecule has 0 radical (unpaired) electrons. The van der Waals surface area contributed by atoms with Crippen LogP contribution >= 0.6 is 8.00 Å². The van der Waals surface area contributed by atoms with Gasteiger partial charge in [-0.3, -0.25) is 0 Å². The van der Waals surface area contributed by atoms with Gasteiger partial charge in [-0.1, -0.05) is 121 Å². The van der Waals surface area contributed by atoms with Crippen molar-refractivity contribution in [1.82, 2.24) is 8.66 Å². The monoisotopic (exact) mass is 565 g/mol. The smallest absolute Gasteiger partial charge is 0.107 e. The second-order valence-electron chi connectivity index (χ2n) is 11.2. The molecular weight excluding hydrogens is 529 g/mol. The number of hydrogen-bond donors (Lipinski definition) is 0. The third-order valence-corrected chi connectivity index (χ3v) is 11.5. The molecule has 1 aromatic heterocycles. The molecule has 0 bridgehead atoms. The highest BCUT2D eigenvalue weighted by molar-refractivity contribution is 7.44. The molecule has 0 unspecified atom stereocenters. The summed E-state index contributed by atoms with van der Waals surface area (Å²) in [6.45, 7) is 4.73. The highest BCUT2D eigenvalue weighted by Crippen LogP contribution is 2.46. The SMILES string of the molecule is C[C@H](c1ccccc1)N([C@H](C)c1ccccc1)p1n(C)c2ccc3ccccc3c2c2c3ccccc3ccc2n1C. The largest absolute Gasteiger partial charge is 0.309 e. The van der Waals surface area contributed by atoms with E-state index in [1.54, 1.807) is 0 Å². The Bertz CT molecular complexity index is 1950. The number of aryl methyl sites for hydroxylation is 2. The van der Waals surface area contributed by atoms with Crippen LogP contribution in [0.2, 0.25) is 0 Å². The van der Waals surface area contributed by atoms with Gasteiger partial charge in [0.1, 0.15) is 8.00 Å². The van der Waals surface area contributed by atoms with Gasteiger partial charge in [0, 0.05) is 37.0 Å². The second kappa shape index (κ2) is 10.8. The van der Waals surface area contributed by atoms with Crippen molar-refractivity contribution >= 4 is 51.4 Å². The topological polar surface area (TPSA) is 13.1 Å². The molecule has 0 N–H and O–H groups in total. The van der Waals surface area contributed by atoms with Crippen molar-refractivity contribution < 1.29 is 0 Å². The minimum absolute atomic E-state index is 0.184. The van der Waals surface area contributed by atoms with Gasteiger partial charge in [-0.2, -0.15) is 0 Å². The molecule has 0 saturated carbocycles. The van der Waals surface area contributed by atoms with Crippen LogP contribution in [0.4, 0.5) is 0 Å². The van der Waals surface area contributed by atoms with Crippen molar-refractivity contribution in [2.45, 2.75) is 25.9 Å². The van der Waals surface area contributed by atoms with E-state index in [4.69, 9.17) is 0 Å². The van der Waals surface area contributed by atoms with E-state index < -0.39 is 8.00 Å². The van der Waals surface area contributed by atoms with Gasteiger partial charge in [0.15, 0.2) is 0 Å². The van der Waals surface area contributed by atoms with E-state index in [-0.39, 0.29) is 12.1 Å². The number of hydrogen-bond acceptors (Lipinski definition) is 1. The Labute approximate surface area is 248 Å². The van der Waals surface area contributed by atoms with E-state index in [1.165, 1.54) is 54.5 Å². The molecule has 2 atom stereocenters. The Morgan fingerprint density at radius 2 is 0.857 bits per heavy atom. The minimum atomic E-state index is -0.994. The fourth-order valence-electron chi connectivity index (χ4n) is 6.70. The van der Waals surface area contributed by atoms with Gasteiger partial charge in [0.2, 0.25) is 0 Å². The molecular formula is C38H36N3P. The molecule has 0 aliphatic heterocycles. The number of aromatic nitrogens is 2. The van der Waals surface area contributed by atoms with Gasteiger partial charge in [-0.05, 0) is 58.7 Å². The lowest BCUT2D eigenvalue weighted by molar-refractivity contribution is 0.619. The first-order valence-corrected chi connectivity index (χ1v) is 15.9. The van der Waals surface area contributed by atoms with E-state index in [1.807, 2.05) is 0 Å². The molecule has 4 heteroatoms. The summed E-state index contributed by atoms with van der Waals surface area (Å²) in [5, 5.41) is 7.76. The summed E-state index contributed by atoms with van der Waals surface area (Å²) in [7, 11) is 3.60. The predicted octanol–water partition coefficient (Wildman–Crippen LogP) is 10.5. The lowest BCUT2D eigenvalue weighted by Crippen LogP contribution is -2.30. The van der Waals surface area contributed by atoms with Crippen LogP contribution < -0.4 is 4.67 Å². The van der Waals surface area contributed by atoms with Gasteiger partial charge < -0.3 is 8.66 Å². The van der Waals surface area contributed by atoms with Crippen molar-refractivity contribution in [3.63, 3.8) is 0 Å². The molecule has 0 spiro atoms. The van der Waals surface area contributed by atoms with E-state index in [2.05, 4.69) is 175 Å². The van der Waals surface area contributed by atoms with Crippen LogP contribution in [-0.2, 0) is 14.1 Å². The molecule has 6 aromatic carbocycles. The van der Waals surface area contributed by atoms with E-state index in [9.17, 15) is 0 Å². The van der Waals surface area contributed by atoms with Crippen molar-refractivity contribution in [2.24, 2.45) is 14.1 Å². The number of fused-ring (bicyclic) bond motifs is 7. The molecule has 1 heterocycles. The summed E-state index contributed by atoms with van der Waals surface area (Å²) in [5.74, 6) is 0. The lowest BCUT2D eigenvalue weighted by atomic mass is 9.98. The zero-order valence-corrected chi connectivity index (χ0v) is 25.5. The van der Waals surface area contributed by atoms with Crippen LogP contribution in [0, 0.1) is 0 Å². The second-order valence-corrected chi connectivity index (χ2v) is 13.4. The predicted molar refractivity (Wildman–Crippen MR) is 183 cm³/mol. The van der Waals surface area contributed by atoms with Crippen LogP contribution in [0.5, 0.6) is 0 Å². The van der Waals surface area contributed by atoms with E-state index in [0.29, 0.717) is 0 Å². The lowest BCUT2D eigenvalue weighted by Gasteiger charge is -2.37. The normalized spacial score (nSPS) is 13.3. The van der Waals surface area contributed by atoms with Gasteiger partial charge in [-0.15, -0.1) is 0 Å². The summed E-state index contributed by atoms with van der Waals surface area (Å²) in [5.41, 5.74) is 5.19. The maximum absolute atomic E-state index is 2.74. The first-order chi connectivity index (χ1) is 20.5. The third-order valence-electron chi connectivity index (χ3n) is 8.86. The van der Waals surface area contributed by atoms with Crippen molar-refractivity contribution in [2.75, 3.05) is 4.67 Å². The quantitative estimate of drug-likeness (QED) is 0.202. The average Bonchev–Trinajstić information content (AvgIpc) is 3.14. The van der Waals surface area contributed by atoms with Gasteiger partial charge >= 0.3 is 0 Å². The van der Waals surface area contributed by atoms with E-state index in [0.717, 1.165) is 0 Å². The number of nitrogens with zero attached hydrogens (tertiary/aromatic N) is 3. The fraction of sp³-hybridized carbons (Fsp3) is 0.158. The number of benzene rings is 6. The summed E-state index contributed by atoms with van der Waals surface area (Å²) in [6.07, 6.45) is 0. The molecule has 7 aromatic rings. The summed E-state index contributed by atoms with van der Waals surface area (Å²) < 4.78 is 7.86. The van der Waals surface area contributed by atoms with Crippen LogP contribution in [0.3, 0.4) is 0 Å². The van der Waals surface area contributed by atoms with E-state index >= 15 is 0 Å². The van der Waals surface area contributed by atoms with Crippen molar-refractivity contribution in [1.29, 1.82) is 0 Å². The minimum Gasteiger partial charge on any atom is -0.309 e. The summed E-state index contributed by atoms with van der Waals surface area (Å²) in [6, 6.07) is 49.3. The Kier molecular flexibility index (Phi) is 6.86. The molecule has 0 aliphatic carbocycles.